The molecular weight excluding hydrogens is 424 g/mol. The van der Waals surface area contributed by atoms with Crippen LogP contribution in [0.1, 0.15) is 18.5 Å². The Kier molecular flexibility index (Phi) is 5.27. The van der Waals surface area contributed by atoms with Crippen molar-refractivity contribution in [3.8, 4) is 0 Å². The molecule has 30 heavy (non-hydrogen) atoms. The fourth-order valence-electron chi connectivity index (χ4n) is 3.06. The van der Waals surface area contributed by atoms with Crippen molar-refractivity contribution in [2.24, 2.45) is 5.10 Å². The van der Waals surface area contributed by atoms with Crippen LogP contribution in [0.3, 0.4) is 0 Å². The number of aromatic nitrogens is 1. The molecule has 1 aliphatic heterocycles. The first kappa shape index (κ1) is 20.1. The summed E-state index contributed by atoms with van der Waals surface area (Å²) in [5.41, 5.74) is 1.37. The number of rotatable bonds is 4. The van der Waals surface area contributed by atoms with Crippen molar-refractivity contribution in [1.29, 1.82) is 0 Å². The van der Waals surface area contributed by atoms with Crippen LogP contribution in [0.15, 0.2) is 82.9 Å². The third kappa shape index (κ3) is 3.67. The number of fused-ring (bicyclic) bond motifs is 1. The molecule has 1 atom stereocenters. The van der Waals surface area contributed by atoms with Gasteiger partial charge in [0.15, 0.2) is 5.82 Å². The zero-order chi connectivity index (χ0) is 21.3. The molecule has 1 unspecified atom stereocenters. The first-order valence-corrected chi connectivity index (χ1v) is 10.9. The number of amides is 1. The zero-order valence-corrected chi connectivity index (χ0v) is 17.4. The van der Waals surface area contributed by atoms with E-state index in [1.54, 1.807) is 31.2 Å². The van der Waals surface area contributed by atoms with Gasteiger partial charge in [-0.15, -0.1) is 5.10 Å². The topological polar surface area (TPSA) is 91.7 Å². The molecule has 0 fully saturated rings. The van der Waals surface area contributed by atoms with Crippen molar-refractivity contribution in [1.82, 2.24) is 10.3 Å². The summed E-state index contributed by atoms with van der Waals surface area (Å²) in [6.07, 6.45) is 1.47. The number of hydrazone groups is 1. The number of halogens is 1. The highest BCUT2D eigenvalue weighted by Crippen LogP contribution is 2.35. The molecule has 2 heterocycles. The Morgan fingerprint density at radius 3 is 2.43 bits per heavy atom. The van der Waals surface area contributed by atoms with E-state index in [0.717, 1.165) is 5.56 Å². The van der Waals surface area contributed by atoms with Crippen molar-refractivity contribution < 1.29 is 13.2 Å². The molecule has 0 spiro atoms. The lowest BCUT2D eigenvalue weighted by Crippen LogP contribution is -2.41. The number of nitrogens with zero attached hydrogens (tertiary/aromatic N) is 3. The molecule has 9 heteroatoms. The fourth-order valence-corrected chi connectivity index (χ4v) is 4.52. The predicted octanol–water partition coefficient (Wildman–Crippen LogP) is 3.85. The smallest absolute Gasteiger partial charge is 0.284 e. The van der Waals surface area contributed by atoms with Crippen molar-refractivity contribution in [3.05, 3.63) is 83.5 Å². The number of pyridine rings is 1. The molecule has 7 nitrogen and oxygen atoms in total. The second-order valence-electron chi connectivity index (χ2n) is 6.63. The highest BCUT2D eigenvalue weighted by atomic mass is 35.5. The Balaban J connectivity index is 1.76. The van der Waals surface area contributed by atoms with Gasteiger partial charge in [-0.2, -0.15) is 0 Å². The quantitative estimate of drug-likeness (QED) is 0.665. The number of carbonyl (C=O) groups excluding carboxylic acids is 1. The molecule has 0 saturated heterocycles. The average molecular weight is 441 g/mol. The minimum atomic E-state index is -4.15. The Morgan fingerprint density at radius 1 is 1.03 bits per heavy atom. The van der Waals surface area contributed by atoms with Crippen molar-refractivity contribution >= 4 is 43.9 Å². The summed E-state index contributed by atoms with van der Waals surface area (Å²) < 4.78 is 26.2. The maximum Gasteiger partial charge on any atom is 0.284 e. The van der Waals surface area contributed by atoms with Crippen LogP contribution in [0, 0.1) is 0 Å². The van der Waals surface area contributed by atoms with E-state index in [1.165, 1.54) is 23.3 Å². The first-order chi connectivity index (χ1) is 14.4. The summed E-state index contributed by atoms with van der Waals surface area (Å²) in [6.45, 7) is 1.77. The molecule has 0 saturated carbocycles. The SMILES string of the molecule is CC(NC(=O)C1=NN(c2ccc(Cl)cc2)c2ncccc2S1(=O)=O)c1ccccc1. The summed E-state index contributed by atoms with van der Waals surface area (Å²) in [5, 5.41) is 8.13. The molecule has 1 amide bonds. The van der Waals surface area contributed by atoms with Crippen molar-refractivity contribution in [2.45, 2.75) is 17.9 Å². The number of hydrogen-bond acceptors (Lipinski definition) is 6. The van der Waals surface area contributed by atoms with Crippen LogP contribution in [-0.4, -0.2) is 24.4 Å². The number of carbonyl (C=O) groups is 1. The minimum Gasteiger partial charge on any atom is -0.343 e. The van der Waals surface area contributed by atoms with Crippen LogP contribution in [0.5, 0.6) is 0 Å². The van der Waals surface area contributed by atoms with Gasteiger partial charge in [0.1, 0.15) is 4.90 Å². The largest absolute Gasteiger partial charge is 0.343 e. The van der Waals surface area contributed by atoms with Crippen LogP contribution in [0.4, 0.5) is 11.5 Å². The second-order valence-corrected chi connectivity index (χ2v) is 8.90. The van der Waals surface area contributed by atoms with Crippen LogP contribution in [0.2, 0.25) is 5.02 Å². The van der Waals surface area contributed by atoms with Gasteiger partial charge < -0.3 is 5.32 Å². The monoisotopic (exact) mass is 440 g/mol. The summed E-state index contributed by atoms with van der Waals surface area (Å²) in [6, 6.07) is 18.4. The van der Waals surface area contributed by atoms with E-state index in [0.29, 0.717) is 10.7 Å². The molecule has 2 aromatic carbocycles. The molecule has 3 aromatic rings. The first-order valence-electron chi connectivity index (χ1n) is 9.08. The van der Waals surface area contributed by atoms with Crippen molar-refractivity contribution in [3.63, 3.8) is 0 Å². The third-order valence-electron chi connectivity index (χ3n) is 4.60. The zero-order valence-electron chi connectivity index (χ0n) is 15.9. The van der Waals surface area contributed by atoms with Crippen LogP contribution in [-0.2, 0) is 14.6 Å². The van der Waals surface area contributed by atoms with Gasteiger partial charge in [-0.25, -0.2) is 18.4 Å². The summed E-state index contributed by atoms with van der Waals surface area (Å²) in [4.78, 5) is 17.0. The van der Waals surface area contributed by atoms with Gasteiger partial charge in [0, 0.05) is 11.2 Å². The van der Waals surface area contributed by atoms with Crippen LogP contribution < -0.4 is 10.3 Å². The molecule has 0 radical (unpaired) electrons. The van der Waals surface area contributed by atoms with Gasteiger partial charge in [0.05, 0.1) is 11.7 Å². The average Bonchev–Trinajstić information content (AvgIpc) is 2.75. The highest BCUT2D eigenvalue weighted by molar-refractivity contribution is 8.08. The fraction of sp³-hybridized carbons (Fsp3) is 0.0952. The summed E-state index contributed by atoms with van der Waals surface area (Å²) in [5.74, 6) is -0.674. The van der Waals surface area contributed by atoms with E-state index in [1.807, 2.05) is 30.3 Å². The van der Waals surface area contributed by atoms with Crippen molar-refractivity contribution in [2.75, 3.05) is 5.01 Å². The lowest BCUT2D eigenvalue weighted by Gasteiger charge is -2.26. The van der Waals surface area contributed by atoms with Gasteiger partial charge in [0.2, 0.25) is 14.9 Å². The molecule has 1 aliphatic rings. The number of anilines is 2. The van der Waals surface area contributed by atoms with Gasteiger partial charge >= 0.3 is 0 Å². The van der Waals surface area contributed by atoms with E-state index in [-0.39, 0.29) is 10.7 Å². The van der Waals surface area contributed by atoms with Gasteiger partial charge in [0.25, 0.3) is 5.91 Å². The Labute approximate surface area is 178 Å². The second kappa shape index (κ2) is 7.89. The maximum absolute atomic E-state index is 13.1. The lowest BCUT2D eigenvalue weighted by molar-refractivity contribution is -0.115. The van der Waals surface area contributed by atoms with Gasteiger partial charge in [-0.05, 0) is 48.9 Å². The van der Waals surface area contributed by atoms with E-state index < -0.39 is 26.8 Å². The molecule has 0 bridgehead atoms. The highest BCUT2D eigenvalue weighted by Gasteiger charge is 2.39. The van der Waals surface area contributed by atoms with Crippen LogP contribution >= 0.6 is 11.6 Å². The Hall–Kier alpha value is -3.23. The third-order valence-corrected chi connectivity index (χ3v) is 6.52. The van der Waals surface area contributed by atoms with Gasteiger partial charge in [-0.1, -0.05) is 41.9 Å². The van der Waals surface area contributed by atoms with E-state index >= 15 is 0 Å². The normalized spacial score (nSPS) is 15.7. The predicted molar refractivity (Wildman–Crippen MR) is 115 cm³/mol. The molecule has 4 rings (SSSR count). The Morgan fingerprint density at radius 2 is 1.73 bits per heavy atom. The molecule has 1 N–H and O–H groups in total. The molecule has 1 aromatic heterocycles. The Bertz CT molecular complexity index is 1230. The van der Waals surface area contributed by atoms with E-state index in [9.17, 15) is 13.2 Å². The molecule has 0 aliphatic carbocycles. The maximum atomic E-state index is 13.1. The van der Waals surface area contributed by atoms with Crippen LogP contribution in [0.25, 0.3) is 0 Å². The lowest BCUT2D eigenvalue weighted by atomic mass is 10.1. The number of hydrogen-bond donors (Lipinski definition) is 1. The number of nitrogens with one attached hydrogen (secondary N) is 1. The number of sulfone groups is 1. The van der Waals surface area contributed by atoms with Gasteiger partial charge in [-0.3, -0.25) is 4.79 Å². The summed E-state index contributed by atoms with van der Waals surface area (Å²) in [7, 11) is -4.15. The minimum absolute atomic E-state index is 0.0903. The molecular formula is C21H17ClN4O3S. The van der Waals surface area contributed by atoms with E-state index in [4.69, 9.17) is 11.6 Å². The number of benzene rings is 2. The summed E-state index contributed by atoms with van der Waals surface area (Å²) >= 11 is 5.96. The standard InChI is InChI=1S/C21H17ClN4O3S/c1-14(15-6-3-2-4-7-15)24-20(27)21-25-26(17-11-9-16(22)10-12-17)19-18(30(21,28)29)8-5-13-23-19/h2-14H,1H3,(H,24,27). The van der Waals surface area contributed by atoms with E-state index in [2.05, 4.69) is 15.4 Å². The molecule has 152 valence electrons.